The Morgan fingerprint density at radius 1 is 0.125 bits per heavy atom. The van der Waals surface area contributed by atoms with Crippen molar-refractivity contribution in [3.8, 4) is 0 Å². The maximum atomic E-state index is 2.44. The normalized spacial score (nSPS) is 14.7. The van der Waals surface area contributed by atoms with Crippen molar-refractivity contribution in [3.63, 3.8) is 0 Å². The van der Waals surface area contributed by atoms with E-state index in [1.807, 2.05) is 0 Å². The van der Waals surface area contributed by atoms with Crippen molar-refractivity contribution in [3.05, 3.63) is 97.1 Å². The summed E-state index contributed by atoms with van der Waals surface area (Å²) in [6, 6.07) is 38.7. The van der Waals surface area contributed by atoms with Gasteiger partial charge in [-0.25, -0.2) is 0 Å². The highest BCUT2D eigenvalue weighted by molar-refractivity contribution is 6.66. The van der Waals surface area contributed by atoms with E-state index in [-0.39, 0.29) is 0 Å². The molecule has 0 radical (unpaired) electrons. The highest BCUT2D eigenvalue weighted by atomic mass is 14.4. The lowest BCUT2D eigenvalue weighted by molar-refractivity contribution is 1.88. The predicted molar refractivity (Wildman–Crippen MR) is 210 cm³/mol. The smallest absolute Gasteiger partial charge is 0.0000246 e. The highest BCUT2D eigenvalue weighted by Gasteiger charge is 2.35. The van der Waals surface area contributed by atoms with Gasteiger partial charge < -0.3 is 0 Å². The minimum atomic E-state index is 1.37. The lowest BCUT2D eigenvalue weighted by Crippen LogP contribution is -1.83. The van der Waals surface area contributed by atoms with E-state index in [0.29, 0.717) is 0 Å². The van der Waals surface area contributed by atoms with Crippen molar-refractivity contribution < 1.29 is 0 Å². The van der Waals surface area contributed by atoms with Gasteiger partial charge in [0.15, 0.2) is 0 Å². The molecule has 17 rings (SSSR count). The van der Waals surface area contributed by atoms with Crippen LogP contribution in [0.15, 0.2) is 97.1 Å². The third-order valence-corrected chi connectivity index (χ3v) is 13.9. The predicted octanol–water partition coefficient (Wildman–Crippen LogP) is 14.0. The molecule has 0 aromatic heterocycles. The van der Waals surface area contributed by atoms with Crippen LogP contribution in [-0.2, 0) is 0 Å². The molecule has 0 amide bonds. The summed E-state index contributed by atoms with van der Waals surface area (Å²) >= 11 is 0. The second-order valence-corrected chi connectivity index (χ2v) is 15.3. The van der Waals surface area contributed by atoms with Crippen LogP contribution in [0.4, 0.5) is 0 Å². The third kappa shape index (κ3) is 1.59. The van der Waals surface area contributed by atoms with Crippen molar-refractivity contribution in [1.82, 2.24) is 0 Å². The summed E-state index contributed by atoms with van der Waals surface area (Å²) in [5.74, 6) is 0. The van der Waals surface area contributed by atoms with Crippen molar-refractivity contribution in [2.24, 2.45) is 0 Å². The molecule has 0 atom stereocenters. The molecule has 0 unspecified atom stereocenters. The van der Waals surface area contributed by atoms with E-state index in [1.54, 1.807) is 0 Å². The van der Waals surface area contributed by atoms with Gasteiger partial charge in [-0.1, -0.05) is 97.1 Å². The van der Waals surface area contributed by atoms with Crippen LogP contribution >= 0.6 is 0 Å². The number of rotatable bonds is 0. The molecule has 208 valence electrons. The van der Waals surface area contributed by atoms with Gasteiger partial charge in [0.05, 0.1) is 0 Å². The highest BCUT2D eigenvalue weighted by Crippen LogP contribution is 2.64. The molecular formula is C48H16. The Kier molecular flexibility index (Phi) is 2.50. The largest absolute Gasteiger partial charge is 0.0537 e. The fourth-order valence-electron chi connectivity index (χ4n) is 12.5. The summed E-state index contributed by atoms with van der Waals surface area (Å²) < 4.78 is 0. The van der Waals surface area contributed by atoms with Crippen molar-refractivity contribution in [2.45, 2.75) is 0 Å². The van der Waals surface area contributed by atoms with E-state index in [1.165, 1.54) is 172 Å². The Bertz CT molecular complexity index is 3370. The zero-order valence-corrected chi connectivity index (χ0v) is 25.2. The van der Waals surface area contributed by atoms with Crippen LogP contribution in [0.1, 0.15) is 0 Å². The average Bonchev–Trinajstić information content (AvgIpc) is 3.86. The zero-order chi connectivity index (χ0) is 29.8. The second kappa shape index (κ2) is 5.76. The SMILES string of the molecule is c1cc2c3ccc4ccc5c6ccc7ccc8c9ccc%10ccc%11c%12ccc1c1c2c2c(c%121)c1c%11c%10c9c1c1c8c7c6c1c1c5c4c3c21. The summed E-state index contributed by atoms with van der Waals surface area (Å²) in [7, 11) is 0. The van der Waals surface area contributed by atoms with Gasteiger partial charge >= 0.3 is 0 Å². The molecule has 48 heavy (non-hydrogen) atoms. The minimum Gasteiger partial charge on any atom is -0.0537 e. The molecule has 0 saturated carbocycles. The number of fused-ring (bicyclic) bond motifs is 4. The Balaban J connectivity index is 1.49. The molecule has 0 aliphatic carbocycles. The molecule has 17 aromatic rings. The number of benzene rings is 12. The third-order valence-electron chi connectivity index (χ3n) is 13.9. The van der Waals surface area contributed by atoms with Crippen LogP contribution in [-0.4, -0.2) is 0 Å². The molecule has 0 aliphatic rings. The first-order valence-electron chi connectivity index (χ1n) is 17.3. The Morgan fingerprint density at radius 2 is 0.271 bits per heavy atom. The summed E-state index contributed by atoms with van der Waals surface area (Å²) in [6.45, 7) is 0. The molecule has 0 N–H and O–H groups in total. The van der Waals surface area contributed by atoms with Gasteiger partial charge in [0.25, 0.3) is 0 Å². The van der Waals surface area contributed by atoms with Crippen LogP contribution < -0.4 is 0 Å². The van der Waals surface area contributed by atoms with Gasteiger partial charge in [0, 0.05) is 0 Å². The van der Waals surface area contributed by atoms with E-state index >= 15 is 0 Å². The van der Waals surface area contributed by atoms with E-state index in [4.69, 9.17) is 0 Å². The van der Waals surface area contributed by atoms with Crippen LogP contribution in [0.25, 0.3) is 172 Å². The molecule has 0 bridgehead atoms. The molecule has 0 heterocycles. The summed E-state index contributed by atoms with van der Waals surface area (Å²) in [5, 5.41) is 46.6. The quantitative estimate of drug-likeness (QED) is 0.154. The molecule has 0 saturated heterocycles. The van der Waals surface area contributed by atoms with Crippen LogP contribution in [0, 0.1) is 0 Å². The standard InChI is InChI=1S/C48H16/c1-9-21-22-11-3-18-5-13-25-26-14-7-20-8-16-28-27-15-6-19-4-12-24-23-10-2-17(1)29-33(21)41-42(34(23)29)44-36(24)31(19)38(27)46(44)48-40(28)32(20)39(26)47(48)45-37(25)30(18)35(22)43(41)45/h1-16H. The fourth-order valence-corrected chi connectivity index (χ4v) is 12.5. The second-order valence-electron chi connectivity index (χ2n) is 15.3. The monoisotopic (exact) mass is 592 g/mol. The molecule has 0 fully saturated rings. The molecular weight excluding hydrogens is 577 g/mol. The number of hydrogen-bond donors (Lipinski definition) is 0. The molecule has 17 aromatic carbocycles. The molecule has 0 spiro atoms. The van der Waals surface area contributed by atoms with E-state index < -0.39 is 0 Å². The summed E-state index contributed by atoms with van der Waals surface area (Å²) in [4.78, 5) is 0. The first-order valence-corrected chi connectivity index (χ1v) is 17.3. The zero-order valence-electron chi connectivity index (χ0n) is 25.2. The molecule has 0 heteroatoms. The number of hydrogen-bond acceptors (Lipinski definition) is 0. The maximum Gasteiger partial charge on any atom is -0.0000246 e. The van der Waals surface area contributed by atoms with Gasteiger partial charge in [-0.3, -0.25) is 0 Å². The van der Waals surface area contributed by atoms with Crippen LogP contribution in [0.5, 0.6) is 0 Å². The van der Waals surface area contributed by atoms with Gasteiger partial charge in [-0.2, -0.15) is 0 Å². The topological polar surface area (TPSA) is 0 Å². The summed E-state index contributed by atoms with van der Waals surface area (Å²) in [5.41, 5.74) is 0. The molecule has 0 nitrogen and oxygen atoms in total. The van der Waals surface area contributed by atoms with Crippen molar-refractivity contribution >= 4 is 172 Å². The van der Waals surface area contributed by atoms with Gasteiger partial charge in [0.1, 0.15) is 0 Å². The van der Waals surface area contributed by atoms with Gasteiger partial charge in [0.2, 0.25) is 0 Å². The minimum absolute atomic E-state index is 1.37. The van der Waals surface area contributed by atoms with Crippen LogP contribution in [0.2, 0.25) is 0 Å². The van der Waals surface area contributed by atoms with Crippen molar-refractivity contribution in [2.75, 3.05) is 0 Å². The van der Waals surface area contributed by atoms with Crippen molar-refractivity contribution in [1.29, 1.82) is 0 Å². The Morgan fingerprint density at radius 3 is 0.417 bits per heavy atom. The lowest BCUT2D eigenvalue weighted by atomic mass is 9.90. The van der Waals surface area contributed by atoms with Crippen LogP contribution in [0.3, 0.4) is 0 Å². The van der Waals surface area contributed by atoms with Gasteiger partial charge in [-0.15, -0.1) is 0 Å². The lowest BCUT2D eigenvalue weighted by Gasteiger charge is -2.11. The maximum absolute atomic E-state index is 2.44. The Hall–Kier alpha value is -6.24. The van der Waals surface area contributed by atoms with E-state index in [9.17, 15) is 0 Å². The van der Waals surface area contributed by atoms with E-state index in [2.05, 4.69) is 97.1 Å². The first kappa shape index (κ1) is 20.8. The first-order chi connectivity index (χ1) is 23.9. The van der Waals surface area contributed by atoms with Gasteiger partial charge in [-0.05, 0) is 172 Å². The fraction of sp³-hybridized carbons (Fsp3) is 0. The summed E-state index contributed by atoms with van der Waals surface area (Å²) in [6.07, 6.45) is 0. The molecule has 0 aliphatic heterocycles. The van der Waals surface area contributed by atoms with E-state index in [0.717, 1.165) is 0 Å². The Labute approximate surface area is 268 Å². The average molecular weight is 593 g/mol.